The van der Waals surface area contributed by atoms with E-state index in [2.05, 4.69) is 5.32 Å². The van der Waals surface area contributed by atoms with Crippen LogP contribution in [0.5, 0.6) is 0 Å². The van der Waals surface area contributed by atoms with E-state index in [4.69, 9.17) is 11.5 Å². The molecule has 94 valence electrons. The number of rotatable bonds is 4. The molecule has 5 nitrogen and oxygen atoms in total. The zero-order valence-corrected chi connectivity index (χ0v) is 10.9. The van der Waals surface area contributed by atoms with Gasteiger partial charge in [0.25, 0.3) is 5.91 Å². The largest absolute Gasteiger partial charge is 0.366 e. The Morgan fingerprint density at radius 2 is 2.00 bits per heavy atom. The molecule has 2 amide bonds. The van der Waals surface area contributed by atoms with Gasteiger partial charge in [-0.15, -0.1) is 22.7 Å². The summed E-state index contributed by atoms with van der Waals surface area (Å²) in [7, 11) is 0. The van der Waals surface area contributed by atoms with Crippen molar-refractivity contribution in [3.8, 4) is 0 Å². The van der Waals surface area contributed by atoms with E-state index in [0.717, 1.165) is 4.88 Å². The minimum atomic E-state index is -0.743. The number of thiophene rings is 2. The third-order valence-electron chi connectivity index (χ3n) is 2.30. The van der Waals surface area contributed by atoms with Crippen LogP contribution in [0.15, 0.2) is 29.0 Å². The van der Waals surface area contributed by atoms with Crippen LogP contribution in [-0.2, 0) is 4.79 Å². The van der Waals surface area contributed by atoms with E-state index in [1.54, 1.807) is 17.5 Å². The Kier molecular flexibility index (Phi) is 3.75. The monoisotopic (exact) mass is 281 g/mol. The highest BCUT2D eigenvalue weighted by molar-refractivity contribution is 7.14. The van der Waals surface area contributed by atoms with Crippen molar-refractivity contribution in [1.82, 2.24) is 0 Å². The average Bonchev–Trinajstić information content (AvgIpc) is 2.98. The number of hydrogen-bond donors (Lipinski definition) is 3. The van der Waals surface area contributed by atoms with Crippen molar-refractivity contribution in [1.29, 1.82) is 0 Å². The predicted molar refractivity (Wildman–Crippen MR) is 72.7 cm³/mol. The number of primary amides is 1. The average molecular weight is 281 g/mol. The quantitative estimate of drug-likeness (QED) is 0.793. The lowest BCUT2D eigenvalue weighted by Gasteiger charge is -2.10. The van der Waals surface area contributed by atoms with E-state index in [0.29, 0.717) is 10.6 Å². The molecule has 0 bridgehead atoms. The number of hydrogen-bond acceptors (Lipinski definition) is 5. The molecular weight excluding hydrogens is 270 g/mol. The molecule has 0 saturated carbocycles. The van der Waals surface area contributed by atoms with Crippen molar-refractivity contribution in [2.45, 2.75) is 6.04 Å². The topological polar surface area (TPSA) is 98.2 Å². The summed E-state index contributed by atoms with van der Waals surface area (Å²) in [5.41, 5.74) is 11.3. The predicted octanol–water partition coefficient (Wildman–Crippen LogP) is 1.55. The summed E-state index contributed by atoms with van der Waals surface area (Å²) in [5, 5.41) is 6.59. The molecule has 2 heterocycles. The SMILES string of the molecule is NC(=O)c1ccsc1NC(=O)C(N)c1cccs1. The second kappa shape index (κ2) is 5.30. The number of anilines is 1. The van der Waals surface area contributed by atoms with Gasteiger partial charge in [0.05, 0.1) is 5.56 Å². The summed E-state index contributed by atoms with van der Waals surface area (Å²) >= 11 is 2.64. The summed E-state index contributed by atoms with van der Waals surface area (Å²) < 4.78 is 0. The maximum absolute atomic E-state index is 11.9. The normalized spacial score (nSPS) is 12.1. The van der Waals surface area contributed by atoms with Gasteiger partial charge in [-0.05, 0) is 22.9 Å². The first-order chi connectivity index (χ1) is 8.59. The van der Waals surface area contributed by atoms with Crippen LogP contribution in [0.4, 0.5) is 5.00 Å². The summed E-state index contributed by atoms with van der Waals surface area (Å²) in [6, 6.07) is 4.44. The highest BCUT2D eigenvalue weighted by Crippen LogP contribution is 2.25. The van der Waals surface area contributed by atoms with Gasteiger partial charge < -0.3 is 16.8 Å². The van der Waals surface area contributed by atoms with E-state index < -0.39 is 11.9 Å². The minimum Gasteiger partial charge on any atom is -0.366 e. The molecule has 2 aromatic heterocycles. The van der Waals surface area contributed by atoms with E-state index in [1.165, 1.54) is 22.7 Å². The van der Waals surface area contributed by atoms with Crippen molar-refractivity contribution in [3.05, 3.63) is 39.4 Å². The Balaban J connectivity index is 2.12. The van der Waals surface area contributed by atoms with Crippen molar-refractivity contribution >= 4 is 39.5 Å². The fraction of sp³-hybridized carbons (Fsp3) is 0.0909. The summed E-state index contributed by atoms with van der Waals surface area (Å²) in [6.07, 6.45) is 0. The zero-order chi connectivity index (χ0) is 13.1. The Morgan fingerprint density at radius 1 is 1.22 bits per heavy atom. The van der Waals surface area contributed by atoms with Gasteiger partial charge >= 0.3 is 0 Å². The van der Waals surface area contributed by atoms with Gasteiger partial charge in [0, 0.05) is 4.88 Å². The highest BCUT2D eigenvalue weighted by atomic mass is 32.1. The first-order valence-electron chi connectivity index (χ1n) is 5.06. The van der Waals surface area contributed by atoms with E-state index >= 15 is 0 Å². The van der Waals surface area contributed by atoms with Crippen LogP contribution in [0.3, 0.4) is 0 Å². The summed E-state index contributed by atoms with van der Waals surface area (Å²) in [6.45, 7) is 0. The summed E-state index contributed by atoms with van der Waals surface area (Å²) in [4.78, 5) is 23.8. The molecule has 1 atom stereocenters. The molecule has 2 aromatic rings. The second-order valence-electron chi connectivity index (χ2n) is 3.51. The van der Waals surface area contributed by atoms with E-state index in [9.17, 15) is 9.59 Å². The van der Waals surface area contributed by atoms with Crippen LogP contribution < -0.4 is 16.8 Å². The fourth-order valence-electron chi connectivity index (χ4n) is 1.39. The number of carbonyl (C=O) groups is 2. The Hall–Kier alpha value is -1.70. The minimum absolute atomic E-state index is 0.298. The molecule has 0 aliphatic heterocycles. The first-order valence-corrected chi connectivity index (χ1v) is 6.82. The molecular formula is C11H11N3O2S2. The smallest absolute Gasteiger partial charge is 0.251 e. The highest BCUT2D eigenvalue weighted by Gasteiger charge is 2.19. The van der Waals surface area contributed by atoms with Gasteiger partial charge in [0.2, 0.25) is 5.91 Å². The molecule has 0 saturated heterocycles. The lowest BCUT2D eigenvalue weighted by Crippen LogP contribution is -2.27. The maximum atomic E-state index is 11.9. The Labute approximate surface area is 111 Å². The van der Waals surface area contributed by atoms with Gasteiger partial charge in [-0.3, -0.25) is 9.59 Å². The molecule has 0 aromatic carbocycles. The van der Waals surface area contributed by atoms with Crippen LogP contribution >= 0.6 is 22.7 Å². The van der Waals surface area contributed by atoms with Crippen molar-refractivity contribution in [3.63, 3.8) is 0 Å². The number of nitrogens with one attached hydrogen (secondary N) is 1. The van der Waals surface area contributed by atoms with E-state index in [-0.39, 0.29) is 5.91 Å². The van der Waals surface area contributed by atoms with E-state index in [1.807, 2.05) is 11.4 Å². The third kappa shape index (κ3) is 2.58. The van der Waals surface area contributed by atoms with Crippen LogP contribution in [0, 0.1) is 0 Å². The van der Waals surface area contributed by atoms with Gasteiger partial charge in [-0.1, -0.05) is 6.07 Å². The molecule has 0 fully saturated rings. The second-order valence-corrected chi connectivity index (χ2v) is 5.41. The van der Waals surface area contributed by atoms with Crippen LogP contribution in [0.25, 0.3) is 0 Å². The molecule has 0 aliphatic rings. The first kappa shape index (κ1) is 12.7. The molecule has 0 spiro atoms. The molecule has 0 radical (unpaired) electrons. The number of nitrogens with two attached hydrogens (primary N) is 2. The number of amides is 2. The number of carbonyl (C=O) groups excluding carboxylic acids is 2. The lowest BCUT2D eigenvalue weighted by atomic mass is 10.2. The molecule has 2 rings (SSSR count). The van der Waals surface area contributed by atoms with Gasteiger partial charge in [0.15, 0.2) is 0 Å². The third-order valence-corrected chi connectivity index (χ3v) is 4.08. The summed E-state index contributed by atoms with van der Waals surface area (Å²) in [5.74, 6) is -0.932. The van der Waals surface area contributed by atoms with Gasteiger partial charge in [-0.2, -0.15) is 0 Å². The van der Waals surface area contributed by atoms with Crippen molar-refractivity contribution < 1.29 is 9.59 Å². The molecule has 5 N–H and O–H groups in total. The van der Waals surface area contributed by atoms with Gasteiger partial charge in [-0.25, -0.2) is 0 Å². The maximum Gasteiger partial charge on any atom is 0.251 e. The zero-order valence-electron chi connectivity index (χ0n) is 9.25. The lowest BCUT2D eigenvalue weighted by molar-refractivity contribution is -0.117. The van der Waals surface area contributed by atoms with Crippen LogP contribution in [-0.4, -0.2) is 11.8 Å². The fourth-order valence-corrected chi connectivity index (χ4v) is 2.91. The molecule has 18 heavy (non-hydrogen) atoms. The Bertz CT molecular complexity index is 563. The Morgan fingerprint density at radius 3 is 2.61 bits per heavy atom. The van der Waals surface area contributed by atoms with Gasteiger partial charge in [0.1, 0.15) is 11.0 Å². The molecule has 1 unspecified atom stereocenters. The molecule has 0 aliphatic carbocycles. The molecule has 7 heteroatoms. The van der Waals surface area contributed by atoms with Crippen LogP contribution in [0.1, 0.15) is 21.3 Å². The van der Waals surface area contributed by atoms with Crippen molar-refractivity contribution in [2.24, 2.45) is 11.5 Å². The van der Waals surface area contributed by atoms with Crippen molar-refractivity contribution in [2.75, 3.05) is 5.32 Å². The van der Waals surface area contributed by atoms with Crippen LogP contribution in [0.2, 0.25) is 0 Å². The standard InChI is InChI=1S/C11H11N3O2S2/c12-8(7-2-1-4-17-7)10(16)14-11-6(9(13)15)3-5-18-11/h1-5,8H,12H2,(H2,13,15)(H,14,16).